The van der Waals surface area contributed by atoms with Crippen LogP contribution in [0.1, 0.15) is 30.5 Å². The van der Waals surface area contributed by atoms with Crippen molar-refractivity contribution < 1.29 is 0 Å². The largest absolute Gasteiger partial charge is 0.368 e. The van der Waals surface area contributed by atoms with Gasteiger partial charge in [-0.2, -0.15) is 5.10 Å². The Kier molecular flexibility index (Phi) is 3.22. The molecule has 0 aromatic carbocycles. The maximum absolute atomic E-state index is 4.29. The Balaban J connectivity index is 1.57. The normalized spacial score (nSPS) is 23.4. The molecule has 2 N–H and O–H groups in total. The summed E-state index contributed by atoms with van der Waals surface area (Å²) in [5, 5.41) is 15.4. The van der Waals surface area contributed by atoms with Gasteiger partial charge in [0.15, 0.2) is 0 Å². The van der Waals surface area contributed by atoms with Crippen molar-refractivity contribution in [1.82, 2.24) is 15.5 Å². The summed E-state index contributed by atoms with van der Waals surface area (Å²) in [6, 6.07) is 2.19. The van der Waals surface area contributed by atoms with E-state index in [1.807, 2.05) is 0 Å². The molecule has 1 unspecified atom stereocenters. The fraction of sp³-hybridized carbons (Fsp3) is 0.692. The zero-order chi connectivity index (χ0) is 11.5. The lowest BCUT2D eigenvalue weighted by molar-refractivity contribution is 0.392. The fourth-order valence-corrected chi connectivity index (χ4v) is 2.76. The molecular weight excluding hydrogens is 212 g/mol. The molecule has 0 spiro atoms. The van der Waals surface area contributed by atoms with E-state index in [1.165, 1.54) is 43.5 Å². The Morgan fingerprint density at radius 3 is 3.18 bits per heavy atom. The number of hydrogen-bond donors (Lipinski definition) is 2. The van der Waals surface area contributed by atoms with Crippen LogP contribution >= 0.6 is 0 Å². The average molecular weight is 232 g/mol. The standard InChI is InChI=1S/C13H20N4/c1-4-11-7-13(17-16-12(11)5-1)15-9-10-3-2-6-14-8-10/h7,10,14H,1-6,8-9H2,(H,15,17). The molecule has 1 aromatic heterocycles. The van der Waals surface area contributed by atoms with Gasteiger partial charge in [-0.3, -0.25) is 0 Å². The minimum absolute atomic E-state index is 0.735. The van der Waals surface area contributed by atoms with Crippen LogP contribution in [0.3, 0.4) is 0 Å². The van der Waals surface area contributed by atoms with E-state index in [2.05, 4.69) is 26.9 Å². The van der Waals surface area contributed by atoms with Crippen LogP contribution < -0.4 is 10.6 Å². The van der Waals surface area contributed by atoms with E-state index in [4.69, 9.17) is 0 Å². The van der Waals surface area contributed by atoms with Crippen molar-refractivity contribution in [2.75, 3.05) is 25.0 Å². The quantitative estimate of drug-likeness (QED) is 0.826. The zero-order valence-electron chi connectivity index (χ0n) is 10.2. The van der Waals surface area contributed by atoms with Crippen LogP contribution in [-0.2, 0) is 12.8 Å². The number of fused-ring (bicyclic) bond motifs is 1. The first kappa shape index (κ1) is 11.0. The van der Waals surface area contributed by atoms with E-state index in [0.717, 1.165) is 31.2 Å². The molecule has 2 aliphatic rings. The van der Waals surface area contributed by atoms with Gasteiger partial charge < -0.3 is 10.6 Å². The van der Waals surface area contributed by atoms with Crippen molar-refractivity contribution in [3.05, 3.63) is 17.3 Å². The number of piperidine rings is 1. The lowest BCUT2D eigenvalue weighted by atomic mass is 10.00. The second-order valence-corrected chi connectivity index (χ2v) is 5.15. The highest BCUT2D eigenvalue weighted by molar-refractivity contribution is 5.39. The Morgan fingerprint density at radius 1 is 1.29 bits per heavy atom. The predicted octanol–water partition coefficient (Wildman–Crippen LogP) is 1.38. The first-order chi connectivity index (χ1) is 8.42. The maximum atomic E-state index is 4.29. The Morgan fingerprint density at radius 2 is 2.29 bits per heavy atom. The van der Waals surface area contributed by atoms with Crippen LogP contribution in [0.5, 0.6) is 0 Å². The molecule has 1 atom stereocenters. The van der Waals surface area contributed by atoms with Crippen molar-refractivity contribution in [2.24, 2.45) is 5.92 Å². The molecule has 1 saturated heterocycles. The van der Waals surface area contributed by atoms with Gasteiger partial charge in [-0.1, -0.05) is 0 Å². The van der Waals surface area contributed by atoms with E-state index in [-0.39, 0.29) is 0 Å². The fourth-order valence-electron chi connectivity index (χ4n) is 2.76. The molecule has 0 amide bonds. The second-order valence-electron chi connectivity index (χ2n) is 5.15. The summed E-state index contributed by atoms with van der Waals surface area (Å²) in [5.41, 5.74) is 2.60. The van der Waals surface area contributed by atoms with Gasteiger partial charge in [-0.05, 0) is 62.7 Å². The molecule has 0 bridgehead atoms. The summed E-state index contributed by atoms with van der Waals surface area (Å²) >= 11 is 0. The predicted molar refractivity (Wildman–Crippen MR) is 68.1 cm³/mol. The third-order valence-electron chi connectivity index (χ3n) is 3.79. The number of aryl methyl sites for hydroxylation is 2. The highest BCUT2D eigenvalue weighted by Gasteiger charge is 2.15. The topological polar surface area (TPSA) is 49.8 Å². The molecule has 2 heterocycles. The van der Waals surface area contributed by atoms with Gasteiger partial charge in [0.2, 0.25) is 0 Å². The molecule has 0 saturated carbocycles. The van der Waals surface area contributed by atoms with Crippen molar-refractivity contribution >= 4 is 5.82 Å². The van der Waals surface area contributed by atoms with Gasteiger partial charge in [0.05, 0.1) is 5.69 Å². The minimum Gasteiger partial charge on any atom is -0.368 e. The van der Waals surface area contributed by atoms with Crippen molar-refractivity contribution in [1.29, 1.82) is 0 Å². The minimum atomic E-state index is 0.735. The number of nitrogens with zero attached hydrogens (tertiary/aromatic N) is 2. The number of anilines is 1. The first-order valence-corrected chi connectivity index (χ1v) is 6.72. The number of rotatable bonds is 3. The first-order valence-electron chi connectivity index (χ1n) is 6.72. The molecule has 1 aliphatic carbocycles. The van der Waals surface area contributed by atoms with Crippen LogP contribution in [0.4, 0.5) is 5.82 Å². The van der Waals surface area contributed by atoms with Crippen molar-refractivity contribution in [2.45, 2.75) is 32.1 Å². The molecule has 1 aliphatic heterocycles. The summed E-state index contributed by atoms with van der Waals surface area (Å²) in [7, 11) is 0. The summed E-state index contributed by atoms with van der Waals surface area (Å²) in [6.07, 6.45) is 6.13. The molecule has 4 nitrogen and oxygen atoms in total. The number of aromatic nitrogens is 2. The number of hydrogen-bond acceptors (Lipinski definition) is 4. The number of nitrogens with one attached hydrogen (secondary N) is 2. The lowest BCUT2D eigenvalue weighted by Crippen LogP contribution is -2.33. The van der Waals surface area contributed by atoms with Crippen LogP contribution in [0.2, 0.25) is 0 Å². The zero-order valence-corrected chi connectivity index (χ0v) is 10.2. The van der Waals surface area contributed by atoms with Crippen LogP contribution in [-0.4, -0.2) is 29.8 Å². The van der Waals surface area contributed by atoms with E-state index >= 15 is 0 Å². The average Bonchev–Trinajstić information content (AvgIpc) is 2.85. The summed E-state index contributed by atoms with van der Waals surface area (Å²) in [5.74, 6) is 1.69. The second kappa shape index (κ2) is 5.00. The molecule has 3 rings (SSSR count). The van der Waals surface area contributed by atoms with E-state index in [1.54, 1.807) is 0 Å². The third-order valence-corrected chi connectivity index (χ3v) is 3.79. The third kappa shape index (κ3) is 2.57. The molecule has 1 aromatic rings. The van der Waals surface area contributed by atoms with Crippen LogP contribution in [0.15, 0.2) is 6.07 Å². The van der Waals surface area contributed by atoms with Gasteiger partial charge in [0.1, 0.15) is 5.82 Å². The molecule has 92 valence electrons. The Labute approximate surface area is 102 Å². The van der Waals surface area contributed by atoms with Crippen molar-refractivity contribution in [3.8, 4) is 0 Å². The molecule has 0 radical (unpaired) electrons. The van der Waals surface area contributed by atoms with Gasteiger partial charge in [0.25, 0.3) is 0 Å². The smallest absolute Gasteiger partial charge is 0.148 e. The monoisotopic (exact) mass is 232 g/mol. The molecule has 4 heteroatoms. The SMILES string of the molecule is c1c(NCC2CCCNC2)nnc2c1CCC2. The molecular formula is C13H20N4. The Hall–Kier alpha value is -1.16. The van der Waals surface area contributed by atoms with E-state index < -0.39 is 0 Å². The van der Waals surface area contributed by atoms with E-state index in [9.17, 15) is 0 Å². The van der Waals surface area contributed by atoms with Crippen LogP contribution in [0.25, 0.3) is 0 Å². The van der Waals surface area contributed by atoms with E-state index in [0.29, 0.717) is 0 Å². The van der Waals surface area contributed by atoms with Crippen LogP contribution in [0, 0.1) is 5.92 Å². The highest BCUT2D eigenvalue weighted by atomic mass is 15.2. The van der Waals surface area contributed by atoms with Crippen molar-refractivity contribution in [3.63, 3.8) is 0 Å². The molecule has 17 heavy (non-hydrogen) atoms. The lowest BCUT2D eigenvalue weighted by Gasteiger charge is -2.23. The summed E-state index contributed by atoms with van der Waals surface area (Å²) in [4.78, 5) is 0. The van der Waals surface area contributed by atoms with Gasteiger partial charge >= 0.3 is 0 Å². The Bertz CT molecular complexity index is 385. The molecule has 1 fully saturated rings. The van der Waals surface area contributed by atoms with Gasteiger partial charge in [-0.25, -0.2) is 0 Å². The summed E-state index contributed by atoms with van der Waals surface area (Å²) < 4.78 is 0. The summed E-state index contributed by atoms with van der Waals surface area (Å²) in [6.45, 7) is 3.32. The highest BCUT2D eigenvalue weighted by Crippen LogP contribution is 2.21. The van der Waals surface area contributed by atoms with Gasteiger partial charge in [0, 0.05) is 6.54 Å². The maximum Gasteiger partial charge on any atom is 0.148 e. The van der Waals surface area contributed by atoms with Gasteiger partial charge in [-0.15, -0.1) is 5.10 Å².